The number of hydrogen-bond acceptors (Lipinski definition) is 3. The van der Waals surface area contributed by atoms with Gasteiger partial charge in [0.1, 0.15) is 9.84 Å². The number of nitrogens with one attached hydrogen (secondary N) is 2. The van der Waals surface area contributed by atoms with Crippen molar-refractivity contribution in [2.45, 2.75) is 46.0 Å². The van der Waals surface area contributed by atoms with Gasteiger partial charge in [0.15, 0.2) is 5.96 Å². The van der Waals surface area contributed by atoms with Crippen LogP contribution in [-0.2, 0) is 9.84 Å². The van der Waals surface area contributed by atoms with E-state index in [1.54, 1.807) is 0 Å². The fraction of sp³-hybridized carbons (Fsp3) is 0.929. The standard InChI is InChI=1S/C14H29N3O2S.HI/c1-4-14(8-6-9-14)12-17-13(15-5-2)16-10-7-11-20(3,18)19;/h4-12H2,1-3H3,(H2,15,16,17);1H. The molecule has 0 amide bonds. The van der Waals surface area contributed by atoms with Gasteiger partial charge in [-0.15, -0.1) is 24.0 Å². The maximum Gasteiger partial charge on any atom is 0.191 e. The second-order valence-electron chi connectivity index (χ2n) is 5.81. The first-order valence-corrected chi connectivity index (χ1v) is 9.67. The molecule has 2 N–H and O–H groups in total. The topological polar surface area (TPSA) is 70.6 Å². The molecule has 0 aromatic carbocycles. The fourth-order valence-electron chi connectivity index (χ4n) is 2.43. The zero-order valence-electron chi connectivity index (χ0n) is 13.4. The summed E-state index contributed by atoms with van der Waals surface area (Å²) in [6.07, 6.45) is 6.95. The maximum absolute atomic E-state index is 11.1. The molecular weight excluding hydrogens is 401 g/mol. The van der Waals surface area contributed by atoms with Crippen LogP contribution in [0.1, 0.15) is 46.0 Å². The maximum atomic E-state index is 11.1. The molecule has 0 atom stereocenters. The van der Waals surface area contributed by atoms with E-state index in [0.29, 0.717) is 18.4 Å². The van der Waals surface area contributed by atoms with Crippen molar-refractivity contribution in [1.29, 1.82) is 0 Å². The van der Waals surface area contributed by atoms with Crippen molar-refractivity contribution < 1.29 is 8.42 Å². The minimum atomic E-state index is -2.87. The van der Waals surface area contributed by atoms with E-state index in [0.717, 1.165) is 19.0 Å². The zero-order chi connectivity index (χ0) is 15.1. The Hall–Kier alpha value is -0.0500. The minimum absolute atomic E-state index is 0. The fourth-order valence-corrected chi connectivity index (χ4v) is 3.10. The Morgan fingerprint density at radius 3 is 2.33 bits per heavy atom. The van der Waals surface area contributed by atoms with Crippen LogP contribution in [0, 0.1) is 5.41 Å². The molecule has 1 saturated carbocycles. The van der Waals surface area contributed by atoms with E-state index in [-0.39, 0.29) is 29.7 Å². The molecule has 5 nitrogen and oxygen atoms in total. The lowest BCUT2D eigenvalue weighted by atomic mass is 9.67. The molecule has 1 aliphatic rings. The smallest absolute Gasteiger partial charge is 0.191 e. The molecule has 0 heterocycles. The van der Waals surface area contributed by atoms with Crippen molar-refractivity contribution in [2.24, 2.45) is 10.4 Å². The Bertz CT molecular complexity index is 414. The first kappa shape index (κ1) is 20.9. The van der Waals surface area contributed by atoms with E-state index in [1.165, 1.54) is 31.9 Å². The summed E-state index contributed by atoms with van der Waals surface area (Å²) in [5.74, 6) is 1.03. The van der Waals surface area contributed by atoms with Crippen LogP contribution in [0.4, 0.5) is 0 Å². The average molecular weight is 431 g/mol. The first-order chi connectivity index (χ1) is 9.41. The van der Waals surface area contributed by atoms with E-state index in [2.05, 4.69) is 22.5 Å². The monoisotopic (exact) mass is 431 g/mol. The summed E-state index contributed by atoms with van der Waals surface area (Å²) in [5, 5.41) is 6.43. The lowest BCUT2D eigenvalue weighted by Crippen LogP contribution is -2.40. The second kappa shape index (κ2) is 9.86. The Morgan fingerprint density at radius 1 is 1.24 bits per heavy atom. The minimum Gasteiger partial charge on any atom is -0.357 e. The summed E-state index contributed by atoms with van der Waals surface area (Å²) in [4.78, 5) is 4.66. The molecular formula is C14H30IN3O2S. The molecule has 126 valence electrons. The number of aliphatic imine (C=N–C) groups is 1. The third-order valence-corrected chi connectivity index (χ3v) is 5.10. The van der Waals surface area contributed by atoms with Crippen molar-refractivity contribution in [3.63, 3.8) is 0 Å². The number of sulfone groups is 1. The number of halogens is 1. The van der Waals surface area contributed by atoms with Crippen molar-refractivity contribution in [3.05, 3.63) is 0 Å². The molecule has 1 rings (SSSR count). The number of rotatable bonds is 8. The van der Waals surface area contributed by atoms with E-state index in [1.807, 2.05) is 6.92 Å². The van der Waals surface area contributed by atoms with E-state index >= 15 is 0 Å². The van der Waals surface area contributed by atoms with Crippen LogP contribution < -0.4 is 10.6 Å². The summed E-state index contributed by atoms with van der Waals surface area (Å²) in [7, 11) is -2.87. The third-order valence-electron chi connectivity index (χ3n) is 4.07. The Morgan fingerprint density at radius 2 is 1.90 bits per heavy atom. The highest BCUT2D eigenvalue weighted by Gasteiger charge is 2.34. The molecule has 1 fully saturated rings. The lowest BCUT2D eigenvalue weighted by molar-refractivity contribution is 0.139. The van der Waals surface area contributed by atoms with Crippen LogP contribution >= 0.6 is 24.0 Å². The van der Waals surface area contributed by atoms with Gasteiger partial charge in [-0.3, -0.25) is 4.99 Å². The van der Waals surface area contributed by atoms with Crippen LogP contribution in [0.3, 0.4) is 0 Å². The van der Waals surface area contributed by atoms with Crippen LogP contribution in [0.15, 0.2) is 4.99 Å². The zero-order valence-corrected chi connectivity index (χ0v) is 16.6. The highest BCUT2D eigenvalue weighted by Crippen LogP contribution is 2.43. The molecule has 0 spiro atoms. The Kier molecular flexibility index (Phi) is 9.84. The lowest BCUT2D eigenvalue weighted by Gasteiger charge is -2.40. The molecule has 0 aromatic heterocycles. The highest BCUT2D eigenvalue weighted by atomic mass is 127. The first-order valence-electron chi connectivity index (χ1n) is 7.61. The molecule has 1 aliphatic carbocycles. The number of guanidine groups is 1. The molecule has 0 radical (unpaired) electrons. The predicted molar refractivity (Wildman–Crippen MR) is 100 cm³/mol. The summed E-state index contributed by atoms with van der Waals surface area (Å²) in [6.45, 7) is 6.59. The molecule has 0 bridgehead atoms. The van der Waals surface area contributed by atoms with Crippen molar-refractivity contribution >= 4 is 39.8 Å². The van der Waals surface area contributed by atoms with E-state index < -0.39 is 9.84 Å². The summed E-state index contributed by atoms with van der Waals surface area (Å²) >= 11 is 0. The highest BCUT2D eigenvalue weighted by molar-refractivity contribution is 14.0. The molecule has 7 heteroatoms. The van der Waals surface area contributed by atoms with Crippen LogP contribution in [-0.4, -0.2) is 46.0 Å². The molecule has 0 aliphatic heterocycles. The SMILES string of the molecule is CCNC(=NCC1(CC)CCC1)NCCCS(C)(=O)=O.I. The van der Waals surface area contributed by atoms with Gasteiger partial charge in [-0.1, -0.05) is 13.3 Å². The van der Waals surface area contributed by atoms with Gasteiger partial charge >= 0.3 is 0 Å². The van der Waals surface area contributed by atoms with E-state index in [4.69, 9.17) is 0 Å². The van der Waals surface area contributed by atoms with Crippen molar-refractivity contribution in [3.8, 4) is 0 Å². The second-order valence-corrected chi connectivity index (χ2v) is 8.07. The largest absolute Gasteiger partial charge is 0.357 e. The predicted octanol–water partition coefficient (Wildman–Crippen LogP) is 2.17. The van der Waals surface area contributed by atoms with Crippen molar-refractivity contribution in [2.75, 3.05) is 31.6 Å². The molecule has 21 heavy (non-hydrogen) atoms. The van der Waals surface area contributed by atoms with Gasteiger partial charge in [0.2, 0.25) is 0 Å². The van der Waals surface area contributed by atoms with Crippen LogP contribution in [0.5, 0.6) is 0 Å². The normalized spacial score (nSPS) is 17.6. The van der Waals surface area contributed by atoms with Gasteiger partial charge in [0.25, 0.3) is 0 Å². The van der Waals surface area contributed by atoms with Gasteiger partial charge in [0.05, 0.1) is 5.75 Å². The van der Waals surface area contributed by atoms with E-state index in [9.17, 15) is 8.42 Å². The summed E-state index contributed by atoms with van der Waals surface area (Å²) in [5.41, 5.74) is 0.412. The molecule has 0 unspecified atom stereocenters. The quantitative estimate of drug-likeness (QED) is 0.268. The van der Waals surface area contributed by atoms with Crippen LogP contribution in [0.25, 0.3) is 0 Å². The van der Waals surface area contributed by atoms with Gasteiger partial charge < -0.3 is 10.6 Å². The van der Waals surface area contributed by atoms with Gasteiger partial charge in [-0.05, 0) is 38.0 Å². The van der Waals surface area contributed by atoms with Crippen LogP contribution in [0.2, 0.25) is 0 Å². The summed E-state index contributed by atoms with van der Waals surface area (Å²) in [6, 6.07) is 0. The Balaban J connectivity index is 0.00000400. The Labute approximate surface area is 146 Å². The summed E-state index contributed by atoms with van der Waals surface area (Å²) < 4.78 is 22.1. The van der Waals surface area contributed by atoms with Crippen molar-refractivity contribution in [1.82, 2.24) is 10.6 Å². The van der Waals surface area contributed by atoms with Gasteiger partial charge in [-0.2, -0.15) is 0 Å². The van der Waals surface area contributed by atoms with Gasteiger partial charge in [0, 0.05) is 25.9 Å². The average Bonchev–Trinajstić information content (AvgIpc) is 2.32. The number of hydrogen-bond donors (Lipinski definition) is 2. The molecule has 0 aromatic rings. The number of nitrogens with zero attached hydrogens (tertiary/aromatic N) is 1. The third kappa shape index (κ3) is 8.23. The van der Waals surface area contributed by atoms with Gasteiger partial charge in [-0.25, -0.2) is 8.42 Å². The molecule has 0 saturated heterocycles.